The third kappa shape index (κ3) is 2.91. The highest BCUT2D eigenvalue weighted by atomic mass is 35.5. The molecule has 2 rings (SSSR count). The SMILES string of the molecule is NCc1ccccc1Oc1ccc(Cl)cc1Cl. The van der Waals surface area contributed by atoms with Gasteiger partial charge in [0, 0.05) is 17.1 Å². The Morgan fingerprint density at radius 2 is 1.76 bits per heavy atom. The van der Waals surface area contributed by atoms with E-state index in [0.717, 1.165) is 5.56 Å². The van der Waals surface area contributed by atoms with Gasteiger partial charge in [0.25, 0.3) is 0 Å². The third-order valence-corrected chi connectivity index (χ3v) is 2.84. The van der Waals surface area contributed by atoms with Crippen LogP contribution in [0.4, 0.5) is 0 Å². The maximum atomic E-state index is 6.03. The highest BCUT2D eigenvalue weighted by Crippen LogP contribution is 2.32. The van der Waals surface area contributed by atoms with Crippen LogP contribution in [0.1, 0.15) is 5.56 Å². The summed E-state index contributed by atoms with van der Waals surface area (Å²) in [6.07, 6.45) is 0. The van der Waals surface area contributed by atoms with Gasteiger partial charge in [0.1, 0.15) is 11.5 Å². The fraction of sp³-hybridized carbons (Fsp3) is 0.0769. The zero-order valence-electron chi connectivity index (χ0n) is 8.99. The highest BCUT2D eigenvalue weighted by molar-refractivity contribution is 6.35. The number of rotatable bonds is 3. The summed E-state index contributed by atoms with van der Waals surface area (Å²) in [7, 11) is 0. The van der Waals surface area contributed by atoms with Crippen molar-refractivity contribution in [1.29, 1.82) is 0 Å². The molecular formula is C13H11Cl2NO. The molecule has 0 saturated carbocycles. The van der Waals surface area contributed by atoms with Crippen molar-refractivity contribution in [3.8, 4) is 11.5 Å². The minimum atomic E-state index is 0.418. The van der Waals surface area contributed by atoms with Gasteiger partial charge < -0.3 is 10.5 Å². The first kappa shape index (κ1) is 12.2. The van der Waals surface area contributed by atoms with Crippen molar-refractivity contribution in [2.75, 3.05) is 0 Å². The van der Waals surface area contributed by atoms with Crippen LogP contribution in [0.15, 0.2) is 42.5 Å². The van der Waals surface area contributed by atoms with E-state index in [4.69, 9.17) is 33.7 Å². The molecule has 0 aliphatic carbocycles. The van der Waals surface area contributed by atoms with Gasteiger partial charge in [0.05, 0.1) is 5.02 Å². The average molecular weight is 268 g/mol. The van der Waals surface area contributed by atoms with E-state index in [1.807, 2.05) is 24.3 Å². The van der Waals surface area contributed by atoms with Gasteiger partial charge in [0.2, 0.25) is 0 Å². The summed E-state index contributed by atoms with van der Waals surface area (Å²) in [6, 6.07) is 12.7. The number of hydrogen-bond acceptors (Lipinski definition) is 2. The molecule has 0 aromatic heterocycles. The maximum Gasteiger partial charge on any atom is 0.146 e. The number of nitrogens with two attached hydrogens (primary N) is 1. The van der Waals surface area contributed by atoms with Crippen LogP contribution in [0, 0.1) is 0 Å². The van der Waals surface area contributed by atoms with E-state index < -0.39 is 0 Å². The Bertz CT molecular complexity index is 529. The van der Waals surface area contributed by atoms with E-state index in [2.05, 4.69) is 0 Å². The number of benzene rings is 2. The molecule has 0 aliphatic rings. The van der Waals surface area contributed by atoms with Gasteiger partial charge in [-0.25, -0.2) is 0 Å². The Hall–Kier alpha value is -1.22. The lowest BCUT2D eigenvalue weighted by Crippen LogP contribution is -1.99. The minimum Gasteiger partial charge on any atom is -0.455 e. The van der Waals surface area contributed by atoms with Crippen LogP contribution in [-0.2, 0) is 6.54 Å². The molecule has 88 valence electrons. The van der Waals surface area contributed by atoms with Crippen molar-refractivity contribution < 1.29 is 4.74 Å². The third-order valence-electron chi connectivity index (χ3n) is 2.31. The maximum absolute atomic E-state index is 6.03. The quantitative estimate of drug-likeness (QED) is 0.903. The van der Waals surface area contributed by atoms with E-state index >= 15 is 0 Å². The lowest BCUT2D eigenvalue weighted by Gasteiger charge is -2.11. The second-order valence-electron chi connectivity index (χ2n) is 3.49. The van der Waals surface area contributed by atoms with Gasteiger partial charge in [-0.05, 0) is 24.3 Å². The Morgan fingerprint density at radius 3 is 2.47 bits per heavy atom. The molecule has 0 heterocycles. The molecule has 0 radical (unpaired) electrons. The average Bonchev–Trinajstić information content (AvgIpc) is 2.33. The lowest BCUT2D eigenvalue weighted by atomic mass is 10.2. The molecular weight excluding hydrogens is 257 g/mol. The van der Waals surface area contributed by atoms with Crippen molar-refractivity contribution in [3.63, 3.8) is 0 Å². The number of halogens is 2. The van der Waals surface area contributed by atoms with Gasteiger partial charge >= 0.3 is 0 Å². The molecule has 0 aliphatic heterocycles. The summed E-state index contributed by atoms with van der Waals surface area (Å²) in [6.45, 7) is 0.418. The first-order valence-corrected chi connectivity index (χ1v) is 5.87. The van der Waals surface area contributed by atoms with Crippen LogP contribution in [-0.4, -0.2) is 0 Å². The van der Waals surface area contributed by atoms with Crippen molar-refractivity contribution in [1.82, 2.24) is 0 Å². The minimum absolute atomic E-state index is 0.418. The fourth-order valence-electron chi connectivity index (χ4n) is 1.45. The number of para-hydroxylation sites is 1. The summed E-state index contributed by atoms with van der Waals surface area (Å²) < 4.78 is 5.72. The molecule has 0 bridgehead atoms. The Kier molecular flexibility index (Phi) is 3.89. The van der Waals surface area contributed by atoms with Crippen LogP contribution < -0.4 is 10.5 Å². The number of hydrogen-bond donors (Lipinski definition) is 1. The Morgan fingerprint density at radius 1 is 1.00 bits per heavy atom. The van der Waals surface area contributed by atoms with E-state index in [0.29, 0.717) is 28.1 Å². The smallest absolute Gasteiger partial charge is 0.146 e. The van der Waals surface area contributed by atoms with Crippen LogP contribution in [0.5, 0.6) is 11.5 Å². The second kappa shape index (κ2) is 5.41. The summed E-state index contributed by atoms with van der Waals surface area (Å²) in [5.74, 6) is 1.27. The zero-order valence-corrected chi connectivity index (χ0v) is 10.5. The normalized spacial score (nSPS) is 10.3. The van der Waals surface area contributed by atoms with Crippen molar-refractivity contribution in [2.45, 2.75) is 6.54 Å². The molecule has 0 spiro atoms. The predicted molar refractivity (Wildman–Crippen MR) is 70.9 cm³/mol. The first-order valence-electron chi connectivity index (χ1n) is 5.11. The molecule has 2 nitrogen and oxygen atoms in total. The largest absolute Gasteiger partial charge is 0.455 e. The molecule has 17 heavy (non-hydrogen) atoms. The monoisotopic (exact) mass is 267 g/mol. The van der Waals surface area contributed by atoms with Crippen LogP contribution in [0.25, 0.3) is 0 Å². The topological polar surface area (TPSA) is 35.2 Å². The van der Waals surface area contributed by atoms with Gasteiger partial charge in [-0.3, -0.25) is 0 Å². The van der Waals surface area contributed by atoms with Crippen molar-refractivity contribution >= 4 is 23.2 Å². The predicted octanol–water partition coefficient (Wildman–Crippen LogP) is 4.24. The summed E-state index contributed by atoms with van der Waals surface area (Å²) in [5, 5.41) is 1.05. The number of ether oxygens (including phenoxy) is 1. The van der Waals surface area contributed by atoms with E-state index in [9.17, 15) is 0 Å². The standard InChI is InChI=1S/C13H11Cl2NO/c14-10-5-6-13(11(15)7-10)17-12-4-2-1-3-9(12)8-16/h1-7H,8,16H2. The van der Waals surface area contributed by atoms with Gasteiger partial charge in [-0.15, -0.1) is 0 Å². The van der Waals surface area contributed by atoms with Gasteiger partial charge in [0.15, 0.2) is 0 Å². The molecule has 0 amide bonds. The van der Waals surface area contributed by atoms with Gasteiger partial charge in [-0.2, -0.15) is 0 Å². The molecule has 2 N–H and O–H groups in total. The van der Waals surface area contributed by atoms with Crippen molar-refractivity contribution in [3.05, 3.63) is 58.1 Å². The second-order valence-corrected chi connectivity index (χ2v) is 4.33. The summed E-state index contributed by atoms with van der Waals surface area (Å²) in [5.41, 5.74) is 6.56. The zero-order chi connectivity index (χ0) is 12.3. The summed E-state index contributed by atoms with van der Waals surface area (Å²) >= 11 is 11.9. The lowest BCUT2D eigenvalue weighted by molar-refractivity contribution is 0.476. The van der Waals surface area contributed by atoms with E-state index in [1.54, 1.807) is 18.2 Å². The van der Waals surface area contributed by atoms with Crippen LogP contribution in [0.3, 0.4) is 0 Å². The Labute approximate surface area is 110 Å². The summed E-state index contributed by atoms with van der Waals surface area (Å²) in [4.78, 5) is 0. The molecule has 0 unspecified atom stereocenters. The molecule has 0 saturated heterocycles. The Balaban J connectivity index is 2.31. The van der Waals surface area contributed by atoms with Crippen LogP contribution in [0.2, 0.25) is 10.0 Å². The highest BCUT2D eigenvalue weighted by Gasteiger charge is 2.06. The molecule has 4 heteroatoms. The molecule has 2 aromatic carbocycles. The van der Waals surface area contributed by atoms with Gasteiger partial charge in [-0.1, -0.05) is 41.4 Å². The van der Waals surface area contributed by atoms with E-state index in [1.165, 1.54) is 0 Å². The fourth-order valence-corrected chi connectivity index (χ4v) is 1.90. The molecule has 2 aromatic rings. The first-order chi connectivity index (χ1) is 8.20. The van der Waals surface area contributed by atoms with Crippen molar-refractivity contribution in [2.24, 2.45) is 5.73 Å². The van der Waals surface area contributed by atoms with Crippen LogP contribution >= 0.6 is 23.2 Å². The molecule has 0 atom stereocenters. The van der Waals surface area contributed by atoms with E-state index in [-0.39, 0.29) is 0 Å². The molecule has 0 fully saturated rings.